The molecule has 0 radical (unpaired) electrons. The molecular weight excluding hydrogens is 333 g/mol. The first-order valence-electron chi connectivity index (χ1n) is 8.67. The number of carbonyl (C=O) groups excluding carboxylic acids is 1. The minimum Gasteiger partial charge on any atom is -0.355 e. The molecule has 1 aromatic heterocycles. The topological polar surface area (TPSA) is 48.5 Å². The third-order valence-corrected chi connectivity index (χ3v) is 4.21. The summed E-state index contributed by atoms with van der Waals surface area (Å²) in [5, 5.41) is 2.90. The van der Waals surface area contributed by atoms with Crippen molar-refractivity contribution in [2.45, 2.75) is 32.4 Å². The Kier molecular flexibility index (Phi) is 7.04. The van der Waals surface area contributed by atoms with Crippen molar-refractivity contribution in [3.05, 3.63) is 23.9 Å². The van der Waals surface area contributed by atoms with Crippen molar-refractivity contribution in [2.75, 3.05) is 44.2 Å². The highest BCUT2D eigenvalue weighted by Gasteiger charge is 2.31. The van der Waals surface area contributed by atoms with Gasteiger partial charge in [0.1, 0.15) is 5.82 Å². The van der Waals surface area contributed by atoms with E-state index in [0.717, 1.165) is 38.1 Å². The van der Waals surface area contributed by atoms with Crippen LogP contribution in [0.3, 0.4) is 0 Å². The molecule has 1 N–H and O–H groups in total. The van der Waals surface area contributed by atoms with Gasteiger partial charge in [-0.25, -0.2) is 4.98 Å². The largest absolute Gasteiger partial charge is 0.417 e. The summed E-state index contributed by atoms with van der Waals surface area (Å²) in [6.45, 7) is 5.96. The second kappa shape index (κ2) is 9.03. The molecule has 0 aromatic carbocycles. The number of hydrogen-bond donors (Lipinski definition) is 1. The molecule has 5 nitrogen and oxygen atoms in total. The summed E-state index contributed by atoms with van der Waals surface area (Å²) in [6.07, 6.45) is -0.644. The monoisotopic (exact) mass is 358 g/mol. The van der Waals surface area contributed by atoms with E-state index in [1.54, 1.807) is 0 Å². The molecule has 0 saturated carbocycles. The van der Waals surface area contributed by atoms with E-state index < -0.39 is 11.7 Å². The molecular formula is C17H25F3N4O. The van der Waals surface area contributed by atoms with E-state index in [4.69, 9.17) is 0 Å². The molecule has 1 aliphatic heterocycles. The van der Waals surface area contributed by atoms with Gasteiger partial charge in [0.2, 0.25) is 5.91 Å². The van der Waals surface area contributed by atoms with E-state index in [9.17, 15) is 18.0 Å². The number of amides is 1. The SMILES string of the molecule is CCCCNC(=O)CN1CCCN(c2ccc(C(F)(F)F)cn2)CC1. The average Bonchev–Trinajstić information content (AvgIpc) is 2.80. The number of aromatic nitrogens is 1. The van der Waals surface area contributed by atoms with Gasteiger partial charge in [0, 0.05) is 38.9 Å². The van der Waals surface area contributed by atoms with E-state index >= 15 is 0 Å². The molecule has 2 heterocycles. The van der Waals surface area contributed by atoms with E-state index in [1.807, 2.05) is 4.90 Å². The van der Waals surface area contributed by atoms with Crippen LogP contribution in [0.15, 0.2) is 18.3 Å². The fraction of sp³-hybridized carbons (Fsp3) is 0.647. The van der Waals surface area contributed by atoms with Crippen molar-refractivity contribution < 1.29 is 18.0 Å². The van der Waals surface area contributed by atoms with E-state index in [-0.39, 0.29) is 5.91 Å². The quantitative estimate of drug-likeness (QED) is 0.794. The first kappa shape index (κ1) is 19.5. The lowest BCUT2D eigenvalue weighted by Crippen LogP contribution is -2.39. The third-order valence-electron chi connectivity index (χ3n) is 4.21. The summed E-state index contributed by atoms with van der Waals surface area (Å²) in [4.78, 5) is 19.9. The Balaban J connectivity index is 1.85. The van der Waals surface area contributed by atoms with Gasteiger partial charge in [-0.05, 0) is 25.0 Å². The Morgan fingerprint density at radius 1 is 1.24 bits per heavy atom. The first-order chi connectivity index (χ1) is 11.9. The van der Waals surface area contributed by atoms with Crippen LogP contribution >= 0.6 is 0 Å². The number of anilines is 1. The summed E-state index contributed by atoms with van der Waals surface area (Å²) < 4.78 is 37.8. The van der Waals surface area contributed by atoms with Crippen LogP contribution in [0.1, 0.15) is 31.7 Å². The van der Waals surface area contributed by atoms with Crippen molar-refractivity contribution in [1.82, 2.24) is 15.2 Å². The highest BCUT2D eigenvalue weighted by Crippen LogP contribution is 2.29. The van der Waals surface area contributed by atoms with Gasteiger partial charge in [-0.1, -0.05) is 13.3 Å². The van der Waals surface area contributed by atoms with Crippen molar-refractivity contribution in [2.24, 2.45) is 0 Å². The van der Waals surface area contributed by atoms with Crippen molar-refractivity contribution in [3.63, 3.8) is 0 Å². The Hall–Kier alpha value is -1.83. The zero-order valence-electron chi connectivity index (χ0n) is 14.5. The molecule has 8 heteroatoms. The van der Waals surface area contributed by atoms with Gasteiger partial charge in [0.25, 0.3) is 0 Å². The molecule has 0 spiro atoms. The zero-order chi connectivity index (χ0) is 18.3. The lowest BCUT2D eigenvalue weighted by Gasteiger charge is -2.22. The standard InChI is InChI=1S/C17H25F3N4O/c1-2-3-7-21-16(25)13-23-8-4-9-24(11-10-23)15-6-5-14(12-22-15)17(18,19)20/h5-6,12H,2-4,7-11,13H2,1H3,(H,21,25). The Bertz CT molecular complexity index is 548. The number of unbranched alkanes of at least 4 members (excludes halogenated alkanes) is 1. The second-order valence-corrected chi connectivity index (χ2v) is 6.22. The van der Waals surface area contributed by atoms with Crippen LogP contribution in [0.4, 0.5) is 19.0 Å². The normalized spacial score (nSPS) is 16.6. The minimum atomic E-state index is -4.37. The van der Waals surface area contributed by atoms with Crippen molar-refractivity contribution in [3.8, 4) is 0 Å². The maximum atomic E-state index is 12.6. The molecule has 1 amide bonds. The van der Waals surface area contributed by atoms with Crippen molar-refractivity contribution >= 4 is 11.7 Å². The van der Waals surface area contributed by atoms with Crippen LogP contribution in [0, 0.1) is 0 Å². The van der Waals surface area contributed by atoms with Gasteiger partial charge < -0.3 is 10.2 Å². The number of nitrogens with one attached hydrogen (secondary N) is 1. The summed E-state index contributed by atoms with van der Waals surface area (Å²) in [5.41, 5.74) is -0.739. The third kappa shape index (κ3) is 6.19. The maximum Gasteiger partial charge on any atom is 0.417 e. The molecule has 0 atom stereocenters. The Morgan fingerprint density at radius 3 is 2.68 bits per heavy atom. The molecule has 2 rings (SSSR count). The van der Waals surface area contributed by atoms with Crippen LogP contribution in [-0.4, -0.2) is 55.1 Å². The first-order valence-corrected chi connectivity index (χ1v) is 8.67. The van der Waals surface area contributed by atoms with Crippen LogP contribution in [-0.2, 0) is 11.0 Å². The number of hydrogen-bond acceptors (Lipinski definition) is 4. The molecule has 1 aliphatic rings. The van der Waals surface area contributed by atoms with Gasteiger partial charge in [-0.2, -0.15) is 13.2 Å². The lowest BCUT2D eigenvalue weighted by molar-refractivity contribution is -0.137. The second-order valence-electron chi connectivity index (χ2n) is 6.22. The maximum absolute atomic E-state index is 12.6. The molecule has 0 bridgehead atoms. The van der Waals surface area contributed by atoms with Crippen LogP contribution in [0.25, 0.3) is 0 Å². The molecule has 1 aromatic rings. The fourth-order valence-electron chi connectivity index (χ4n) is 2.76. The summed E-state index contributed by atoms with van der Waals surface area (Å²) in [5.74, 6) is 0.566. The van der Waals surface area contributed by atoms with Gasteiger partial charge in [-0.3, -0.25) is 9.69 Å². The number of pyridine rings is 1. The van der Waals surface area contributed by atoms with Crippen molar-refractivity contribution in [1.29, 1.82) is 0 Å². The van der Waals surface area contributed by atoms with Gasteiger partial charge >= 0.3 is 6.18 Å². The zero-order valence-corrected chi connectivity index (χ0v) is 14.5. The Morgan fingerprint density at radius 2 is 2.04 bits per heavy atom. The average molecular weight is 358 g/mol. The van der Waals surface area contributed by atoms with Crippen LogP contribution in [0.5, 0.6) is 0 Å². The summed E-state index contributed by atoms with van der Waals surface area (Å²) in [7, 11) is 0. The predicted molar refractivity (Wildman–Crippen MR) is 90.4 cm³/mol. The van der Waals surface area contributed by atoms with Gasteiger partial charge in [0.15, 0.2) is 0 Å². The number of nitrogens with zero attached hydrogens (tertiary/aromatic N) is 3. The Labute approximate surface area is 146 Å². The van der Waals surface area contributed by atoms with E-state index in [1.165, 1.54) is 6.07 Å². The number of carbonyl (C=O) groups is 1. The lowest BCUT2D eigenvalue weighted by atomic mass is 10.2. The molecule has 25 heavy (non-hydrogen) atoms. The highest BCUT2D eigenvalue weighted by atomic mass is 19.4. The minimum absolute atomic E-state index is 0.0227. The molecule has 140 valence electrons. The smallest absolute Gasteiger partial charge is 0.355 e. The molecule has 0 aliphatic carbocycles. The summed E-state index contributed by atoms with van der Waals surface area (Å²) >= 11 is 0. The molecule has 1 saturated heterocycles. The predicted octanol–water partition coefficient (Wildman–Crippen LogP) is 2.53. The number of rotatable bonds is 6. The van der Waals surface area contributed by atoms with Crippen LogP contribution < -0.4 is 10.2 Å². The highest BCUT2D eigenvalue weighted by molar-refractivity contribution is 5.77. The number of alkyl halides is 3. The summed E-state index contributed by atoms with van der Waals surface area (Å²) in [6, 6.07) is 2.47. The fourth-order valence-corrected chi connectivity index (χ4v) is 2.76. The molecule has 1 fully saturated rings. The van der Waals surface area contributed by atoms with E-state index in [2.05, 4.69) is 22.1 Å². The number of halogens is 3. The van der Waals surface area contributed by atoms with Crippen LogP contribution in [0.2, 0.25) is 0 Å². The van der Waals surface area contributed by atoms with Gasteiger partial charge in [0.05, 0.1) is 12.1 Å². The van der Waals surface area contributed by atoms with Gasteiger partial charge in [-0.15, -0.1) is 0 Å². The van der Waals surface area contributed by atoms with E-state index in [0.29, 0.717) is 38.5 Å². The molecule has 0 unspecified atom stereocenters.